The Balaban J connectivity index is 2.34. The van der Waals surface area contributed by atoms with Crippen LogP contribution in [0.1, 0.15) is 18.4 Å². The summed E-state index contributed by atoms with van der Waals surface area (Å²) in [7, 11) is 1.76. The molecule has 0 radical (unpaired) electrons. The molecule has 2 nitrogen and oxygen atoms in total. The molecule has 88 valence electrons. The Kier molecular flexibility index (Phi) is 3.85. The van der Waals surface area contributed by atoms with E-state index >= 15 is 0 Å². The third-order valence-corrected chi connectivity index (χ3v) is 3.76. The Bertz CT molecular complexity index is 342. The predicted molar refractivity (Wildman–Crippen MR) is 67.1 cm³/mol. The average Bonchev–Trinajstić information content (AvgIpc) is 2.31. The molecule has 1 fully saturated rings. The van der Waals surface area contributed by atoms with E-state index in [1.807, 2.05) is 12.1 Å². The number of piperidine rings is 1. The SMILES string of the molecule is COCC1(c2ccccc2Cl)CCNCC1. The van der Waals surface area contributed by atoms with Gasteiger partial charge in [-0.1, -0.05) is 29.8 Å². The fraction of sp³-hybridized carbons (Fsp3) is 0.538. The zero-order valence-electron chi connectivity index (χ0n) is 9.63. The largest absolute Gasteiger partial charge is 0.384 e. The first-order valence-electron chi connectivity index (χ1n) is 5.73. The Morgan fingerprint density at radius 1 is 1.31 bits per heavy atom. The number of hydrogen-bond acceptors (Lipinski definition) is 2. The lowest BCUT2D eigenvalue weighted by molar-refractivity contribution is 0.108. The number of benzene rings is 1. The van der Waals surface area contributed by atoms with E-state index in [1.165, 1.54) is 5.56 Å². The van der Waals surface area contributed by atoms with Crippen LogP contribution in [0.3, 0.4) is 0 Å². The molecule has 0 atom stereocenters. The second-order valence-electron chi connectivity index (χ2n) is 4.44. The molecule has 1 aliphatic rings. The number of ether oxygens (including phenoxy) is 1. The van der Waals surface area contributed by atoms with Crippen molar-refractivity contribution in [3.05, 3.63) is 34.9 Å². The second-order valence-corrected chi connectivity index (χ2v) is 4.85. The van der Waals surface area contributed by atoms with Crippen molar-refractivity contribution in [3.8, 4) is 0 Å². The monoisotopic (exact) mass is 239 g/mol. The molecule has 3 heteroatoms. The minimum Gasteiger partial charge on any atom is -0.384 e. The molecule has 1 N–H and O–H groups in total. The van der Waals surface area contributed by atoms with Gasteiger partial charge in [-0.2, -0.15) is 0 Å². The summed E-state index contributed by atoms with van der Waals surface area (Å²) >= 11 is 6.31. The van der Waals surface area contributed by atoms with Gasteiger partial charge in [0, 0.05) is 17.5 Å². The van der Waals surface area contributed by atoms with E-state index in [0.29, 0.717) is 0 Å². The molecule has 1 heterocycles. The number of nitrogens with one attached hydrogen (secondary N) is 1. The van der Waals surface area contributed by atoms with Crippen LogP contribution >= 0.6 is 11.6 Å². The van der Waals surface area contributed by atoms with Gasteiger partial charge in [-0.25, -0.2) is 0 Å². The van der Waals surface area contributed by atoms with Crippen molar-refractivity contribution < 1.29 is 4.74 Å². The molecule has 16 heavy (non-hydrogen) atoms. The molecular formula is C13H18ClNO. The van der Waals surface area contributed by atoms with Crippen molar-refractivity contribution in [2.45, 2.75) is 18.3 Å². The Hall–Kier alpha value is -0.570. The van der Waals surface area contributed by atoms with Gasteiger partial charge in [-0.3, -0.25) is 0 Å². The normalized spacial score (nSPS) is 19.6. The van der Waals surface area contributed by atoms with Crippen molar-refractivity contribution in [1.82, 2.24) is 5.32 Å². The van der Waals surface area contributed by atoms with Crippen molar-refractivity contribution in [2.75, 3.05) is 26.8 Å². The highest BCUT2D eigenvalue weighted by Crippen LogP contribution is 2.37. The molecule has 1 aliphatic heterocycles. The molecule has 1 saturated heterocycles. The van der Waals surface area contributed by atoms with Crippen LogP contribution in [0.4, 0.5) is 0 Å². The Morgan fingerprint density at radius 3 is 2.62 bits per heavy atom. The molecule has 0 unspecified atom stereocenters. The summed E-state index contributed by atoms with van der Waals surface area (Å²) in [5, 5.41) is 4.25. The highest BCUT2D eigenvalue weighted by Gasteiger charge is 2.35. The van der Waals surface area contributed by atoms with E-state index < -0.39 is 0 Å². The molecule has 0 spiro atoms. The number of rotatable bonds is 3. The Labute approximate surface area is 102 Å². The summed E-state index contributed by atoms with van der Waals surface area (Å²) in [6.07, 6.45) is 2.18. The minimum atomic E-state index is 0.0956. The van der Waals surface area contributed by atoms with Crippen LogP contribution in [-0.4, -0.2) is 26.8 Å². The lowest BCUT2D eigenvalue weighted by Crippen LogP contribution is -2.43. The fourth-order valence-corrected chi connectivity index (χ4v) is 2.90. The lowest BCUT2D eigenvalue weighted by atomic mass is 9.74. The third-order valence-electron chi connectivity index (χ3n) is 3.43. The van der Waals surface area contributed by atoms with Crippen LogP contribution in [0, 0.1) is 0 Å². The molecule has 0 aromatic heterocycles. The van der Waals surface area contributed by atoms with Crippen molar-refractivity contribution in [1.29, 1.82) is 0 Å². The first-order chi connectivity index (χ1) is 7.78. The van der Waals surface area contributed by atoms with Crippen LogP contribution in [0.2, 0.25) is 5.02 Å². The van der Waals surface area contributed by atoms with E-state index in [0.717, 1.165) is 37.6 Å². The summed E-state index contributed by atoms with van der Waals surface area (Å²) < 4.78 is 5.41. The predicted octanol–water partition coefficient (Wildman–Crippen LogP) is 2.61. The Morgan fingerprint density at radius 2 is 2.00 bits per heavy atom. The van der Waals surface area contributed by atoms with Crippen LogP contribution < -0.4 is 5.32 Å². The maximum atomic E-state index is 6.31. The minimum absolute atomic E-state index is 0.0956. The molecule has 0 amide bonds. The summed E-state index contributed by atoms with van der Waals surface area (Å²) in [4.78, 5) is 0. The third kappa shape index (κ3) is 2.24. The molecule has 2 rings (SSSR count). The van der Waals surface area contributed by atoms with Gasteiger partial charge in [0.1, 0.15) is 0 Å². The van der Waals surface area contributed by atoms with E-state index in [2.05, 4.69) is 17.4 Å². The van der Waals surface area contributed by atoms with Gasteiger partial charge in [0.25, 0.3) is 0 Å². The van der Waals surface area contributed by atoms with Crippen LogP contribution in [-0.2, 0) is 10.2 Å². The van der Waals surface area contributed by atoms with E-state index in [9.17, 15) is 0 Å². The molecular weight excluding hydrogens is 222 g/mol. The number of methoxy groups -OCH3 is 1. The zero-order chi connectivity index (χ0) is 11.4. The lowest BCUT2D eigenvalue weighted by Gasteiger charge is -2.38. The van der Waals surface area contributed by atoms with Crippen LogP contribution in [0.15, 0.2) is 24.3 Å². The molecule has 0 bridgehead atoms. The standard InChI is InChI=1S/C13H18ClNO/c1-16-10-13(6-8-15-9-7-13)11-4-2-3-5-12(11)14/h2-5,15H,6-10H2,1H3. The zero-order valence-corrected chi connectivity index (χ0v) is 10.4. The maximum absolute atomic E-state index is 6.31. The summed E-state index contributed by atoms with van der Waals surface area (Å²) in [5.74, 6) is 0. The smallest absolute Gasteiger partial charge is 0.0560 e. The van der Waals surface area contributed by atoms with Crippen LogP contribution in [0.25, 0.3) is 0 Å². The van der Waals surface area contributed by atoms with E-state index in [1.54, 1.807) is 7.11 Å². The van der Waals surface area contributed by atoms with E-state index in [4.69, 9.17) is 16.3 Å². The maximum Gasteiger partial charge on any atom is 0.0560 e. The highest BCUT2D eigenvalue weighted by atomic mass is 35.5. The molecule has 1 aromatic rings. The topological polar surface area (TPSA) is 21.3 Å². The van der Waals surface area contributed by atoms with Gasteiger partial charge < -0.3 is 10.1 Å². The average molecular weight is 240 g/mol. The molecule has 1 aromatic carbocycles. The molecule has 0 aliphatic carbocycles. The summed E-state index contributed by atoms with van der Waals surface area (Å²) in [6, 6.07) is 8.14. The number of hydrogen-bond donors (Lipinski definition) is 1. The van der Waals surface area contributed by atoms with Crippen LogP contribution in [0.5, 0.6) is 0 Å². The number of halogens is 1. The summed E-state index contributed by atoms with van der Waals surface area (Å²) in [6.45, 7) is 2.82. The molecule has 0 saturated carbocycles. The van der Waals surface area contributed by atoms with Gasteiger partial charge in [0.15, 0.2) is 0 Å². The van der Waals surface area contributed by atoms with Gasteiger partial charge in [-0.15, -0.1) is 0 Å². The first-order valence-corrected chi connectivity index (χ1v) is 6.11. The second kappa shape index (κ2) is 5.17. The first kappa shape index (κ1) is 11.9. The van der Waals surface area contributed by atoms with Gasteiger partial charge >= 0.3 is 0 Å². The van der Waals surface area contributed by atoms with Gasteiger partial charge in [0.05, 0.1) is 6.61 Å². The van der Waals surface area contributed by atoms with Gasteiger partial charge in [-0.05, 0) is 37.6 Å². The highest BCUT2D eigenvalue weighted by molar-refractivity contribution is 6.31. The van der Waals surface area contributed by atoms with Gasteiger partial charge in [0.2, 0.25) is 0 Å². The quantitative estimate of drug-likeness (QED) is 0.876. The van der Waals surface area contributed by atoms with Crippen molar-refractivity contribution >= 4 is 11.6 Å². The summed E-state index contributed by atoms with van der Waals surface area (Å²) in [5.41, 5.74) is 1.33. The van der Waals surface area contributed by atoms with Crippen molar-refractivity contribution in [3.63, 3.8) is 0 Å². The van der Waals surface area contributed by atoms with E-state index in [-0.39, 0.29) is 5.41 Å². The van der Waals surface area contributed by atoms with Crippen molar-refractivity contribution in [2.24, 2.45) is 0 Å². The fourth-order valence-electron chi connectivity index (χ4n) is 2.56.